The van der Waals surface area contributed by atoms with Gasteiger partial charge in [-0.1, -0.05) is 12.1 Å². The van der Waals surface area contributed by atoms with Crippen LogP contribution in [0.25, 0.3) is 0 Å². The van der Waals surface area contributed by atoms with Gasteiger partial charge in [0.1, 0.15) is 12.3 Å². The molecule has 0 unspecified atom stereocenters. The van der Waals surface area contributed by atoms with Gasteiger partial charge in [-0.2, -0.15) is 0 Å². The lowest BCUT2D eigenvalue weighted by molar-refractivity contribution is -0.120. The molecule has 0 bridgehead atoms. The Bertz CT molecular complexity index is 754. The van der Waals surface area contributed by atoms with Crippen LogP contribution < -0.4 is 15.0 Å². The summed E-state index contributed by atoms with van der Waals surface area (Å²) in [5.74, 6) is 0.331. The van der Waals surface area contributed by atoms with Gasteiger partial charge in [0.05, 0.1) is 6.61 Å². The third kappa shape index (κ3) is 4.83. The van der Waals surface area contributed by atoms with Gasteiger partial charge >= 0.3 is 0 Å². The molecule has 0 aliphatic heterocycles. The molecule has 1 N–H and O–H groups in total. The average molecular weight is 340 g/mol. The highest BCUT2D eigenvalue weighted by Gasteiger charge is 2.18. The molecule has 5 nitrogen and oxygen atoms in total. The summed E-state index contributed by atoms with van der Waals surface area (Å²) in [6, 6.07) is 12.9. The zero-order valence-electron chi connectivity index (χ0n) is 15.1. The molecular formula is C20H24N2O3. The number of amides is 2. The van der Waals surface area contributed by atoms with Crippen LogP contribution >= 0.6 is 0 Å². The number of hydrogen-bond acceptors (Lipinski definition) is 3. The molecule has 2 aromatic rings. The first kappa shape index (κ1) is 18.5. The lowest BCUT2D eigenvalue weighted by Crippen LogP contribution is -2.37. The standard InChI is InChI=1S/C20H24N2O3/c1-5-25-18-11-9-17(10-12-18)21-20(24)13-22(16(4)23)19-8-6-7-14(2)15(19)3/h6-12H,5,13H2,1-4H3,(H,21,24). The van der Waals surface area contributed by atoms with Gasteiger partial charge in [-0.05, 0) is 62.2 Å². The van der Waals surface area contributed by atoms with Crippen molar-refractivity contribution in [3.8, 4) is 5.75 Å². The van der Waals surface area contributed by atoms with E-state index in [1.807, 2.05) is 39.0 Å². The first-order valence-electron chi connectivity index (χ1n) is 8.29. The van der Waals surface area contributed by atoms with Crippen molar-refractivity contribution in [2.24, 2.45) is 0 Å². The van der Waals surface area contributed by atoms with Crippen LogP contribution in [-0.2, 0) is 9.59 Å². The maximum Gasteiger partial charge on any atom is 0.244 e. The number of nitrogens with one attached hydrogen (secondary N) is 1. The van der Waals surface area contributed by atoms with Gasteiger partial charge in [-0.25, -0.2) is 0 Å². The number of aryl methyl sites for hydroxylation is 1. The van der Waals surface area contributed by atoms with E-state index in [-0.39, 0.29) is 18.4 Å². The topological polar surface area (TPSA) is 58.6 Å². The van der Waals surface area contributed by atoms with Gasteiger partial charge in [0.15, 0.2) is 0 Å². The van der Waals surface area contributed by atoms with Gasteiger partial charge in [0.25, 0.3) is 0 Å². The van der Waals surface area contributed by atoms with Crippen molar-refractivity contribution in [1.29, 1.82) is 0 Å². The van der Waals surface area contributed by atoms with Crippen LogP contribution in [0.1, 0.15) is 25.0 Å². The van der Waals surface area contributed by atoms with Gasteiger partial charge in [-0.15, -0.1) is 0 Å². The summed E-state index contributed by atoms with van der Waals surface area (Å²) in [7, 11) is 0. The lowest BCUT2D eigenvalue weighted by Gasteiger charge is -2.23. The summed E-state index contributed by atoms with van der Waals surface area (Å²) in [6.45, 7) is 7.87. The van der Waals surface area contributed by atoms with E-state index in [9.17, 15) is 9.59 Å². The SMILES string of the molecule is CCOc1ccc(NC(=O)CN(C(C)=O)c2cccc(C)c2C)cc1. The van der Waals surface area contributed by atoms with E-state index in [4.69, 9.17) is 4.74 Å². The minimum atomic E-state index is -0.250. The molecule has 2 aromatic carbocycles. The number of carbonyl (C=O) groups is 2. The van der Waals surface area contributed by atoms with Crippen LogP contribution in [0, 0.1) is 13.8 Å². The molecule has 25 heavy (non-hydrogen) atoms. The molecule has 0 spiro atoms. The predicted molar refractivity (Wildman–Crippen MR) is 100 cm³/mol. The molecular weight excluding hydrogens is 316 g/mol. The van der Waals surface area contributed by atoms with Crippen LogP contribution in [0.4, 0.5) is 11.4 Å². The largest absolute Gasteiger partial charge is 0.494 e. The monoisotopic (exact) mass is 340 g/mol. The maximum atomic E-state index is 12.4. The number of carbonyl (C=O) groups excluding carboxylic acids is 2. The van der Waals surface area contributed by atoms with Crippen molar-refractivity contribution < 1.29 is 14.3 Å². The second kappa shape index (κ2) is 8.33. The molecule has 2 rings (SSSR count). The van der Waals surface area contributed by atoms with E-state index < -0.39 is 0 Å². The van der Waals surface area contributed by atoms with Gasteiger partial charge in [0, 0.05) is 18.3 Å². The van der Waals surface area contributed by atoms with Crippen LogP contribution in [0.2, 0.25) is 0 Å². The molecule has 5 heteroatoms. The van der Waals surface area contributed by atoms with E-state index in [2.05, 4.69) is 5.32 Å². The highest BCUT2D eigenvalue weighted by Crippen LogP contribution is 2.23. The van der Waals surface area contributed by atoms with Gasteiger partial charge < -0.3 is 15.0 Å². The Morgan fingerprint density at radius 1 is 1.08 bits per heavy atom. The summed E-state index contributed by atoms with van der Waals surface area (Å²) in [5.41, 5.74) is 3.49. The number of rotatable bonds is 6. The Balaban J connectivity index is 2.10. The summed E-state index contributed by atoms with van der Waals surface area (Å²) >= 11 is 0. The number of benzene rings is 2. The fourth-order valence-corrected chi connectivity index (χ4v) is 2.54. The van der Waals surface area contributed by atoms with Gasteiger partial charge in [-0.3, -0.25) is 9.59 Å². The minimum Gasteiger partial charge on any atom is -0.494 e. The maximum absolute atomic E-state index is 12.4. The van der Waals surface area contributed by atoms with E-state index in [0.717, 1.165) is 22.6 Å². The highest BCUT2D eigenvalue weighted by molar-refractivity contribution is 6.02. The third-order valence-corrected chi connectivity index (χ3v) is 4.00. The average Bonchev–Trinajstić information content (AvgIpc) is 2.57. The normalized spacial score (nSPS) is 10.2. The van der Waals surface area contributed by atoms with E-state index in [0.29, 0.717) is 12.3 Å². The molecule has 132 valence electrons. The quantitative estimate of drug-likeness (QED) is 0.872. The molecule has 0 saturated heterocycles. The van der Waals surface area contributed by atoms with E-state index >= 15 is 0 Å². The van der Waals surface area contributed by atoms with Crippen LogP contribution in [-0.4, -0.2) is 25.0 Å². The van der Waals surface area contributed by atoms with Gasteiger partial charge in [0.2, 0.25) is 11.8 Å². The Kier molecular flexibility index (Phi) is 6.17. The third-order valence-electron chi connectivity index (χ3n) is 4.00. The number of ether oxygens (including phenoxy) is 1. The summed E-state index contributed by atoms with van der Waals surface area (Å²) in [5, 5.41) is 2.81. The van der Waals surface area contributed by atoms with E-state index in [1.54, 1.807) is 24.3 Å². The predicted octanol–water partition coefficient (Wildman–Crippen LogP) is 3.69. The zero-order valence-corrected chi connectivity index (χ0v) is 15.1. The summed E-state index contributed by atoms with van der Waals surface area (Å²) in [6.07, 6.45) is 0. The van der Waals surface area contributed by atoms with Crippen molar-refractivity contribution in [3.63, 3.8) is 0 Å². The molecule has 0 radical (unpaired) electrons. The number of nitrogens with zero attached hydrogens (tertiary/aromatic N) is 1. The molecule has 0 aromatic heterocycles. The second-order valence-corrected chi connectivity index (χ2v) is 5.83. The Labute approximate surface area is 148 Å². The molecule has 0 aliphatic carbocycles. The highest BCUT2D eigenvalue weighted by atomic mass is 16.5. The van der Waals surface area contributed by atoms with Crippen LogP contribution in [0.3, 0.4) is 0 Å². The minimum absolute atomic E-state index is 0.0349. The second-order valence-electron chi connectivity index (χ2n) is 5.83. The molecule has 0 aliphatic rings. The molecule has 0 heterocycles. The first-order chi connectivity index (χ1) is 11.9. The first-order valence-corrected chi connectivity index (χ1v) is 8.29. The lowest BCUT2D eigenvalue weighted by atomic mass is 10.1. The smallest absolute Gasteiger partial charge is 0.244 e. The van der Waals surface area contributed by atoms with Crippen molar-refractivity contribution in [1.82, 2.24) is 0 Å². The number of hydrogen-bond donors (Lipinski definition) is 1. The number of anilines is 2. The van der Waals surface area contributed by atoms with Crippen molar-refractivity contribution in [2.75, 3.05) is 23.4 Å². The van der Waals surface area contributed by atoms with Crippen molar-refractivity contribution in [3.05, 3.63) is 53.6 Å². The fraction of sp³-hybridized carbons (Fsp3) is 0.300. The van der Waals surface area contributed by atoms with Crippen molar-refractivity contribution >= 4 is 23.2 Å². The van der Waals surface area contributed by atoms with Crippen LogP contribution in [0.15, 0.2) is 42.5 Å². The van der Waals surface area contributed by atoms with Crippen molar-refractivity contribution in [2.45, 2.75) is 27.7 Å². The van der Waals surface area contributed by atoms with E-state index in [1.165, 1.54) is 11.8 Å². The Hall–Kier alpha value is -2.82. The zero-order chi connectivity index (χ0) is 18.4. The summed E-state index contributed by atoms with van der Waals surface area (Å²) < 4.78 is 5.38. The molecule has 2 amide bonds. The Morgan fingerprint density at radius 2 is 1.76 bits per heavy atom. The Morgan fingerprint density at radius 3 is 2.36 bits per heavy atom. The molecule has 0 saturated carbocycles. The van der Waals surface area contributed by atoms with Crippen LogP contribution in [0.5, 0.6) is 5.75 Å². The summed E-state index contributed by atoms with van der Waals surface area (Å²) in [4.78, 5) is 25.9. The molecule has 0 fully saturated rings. The fourth-order valence-electron chi connectivity index (χ4n) is 2.54. The molecule has 0 atom stereocenters.